The van der Waals surface area contributed by atoms with Gasteiger partial charge in [0.2, 0.25) is 0 Å². The third-order valence-corrected chi connectivity index (χ3v) is 12.7. The van der Waals surface area contributed by atoms with Crippen molar-refractivity contribution in [2.24, 2.45) is 0 Å². The summed E-state index contributed by atoms with van der Waals surface area (Å²) >= 11 is 35.3. The molecule has 0 heterocycles. The molecular formula is C5H10Cl6Si3. The highest BCUT2D eigenvalue weighted by molar-refractivity contribution is 7.71. The summed E-state index contributed by atoms with van der Waals surface area (Å²) < 4.78 is 0. The van der Waals surface area contributed by atoms with Crippen molar-refractivity contribution in [1.29, 1.82) is 0 Å². The van der Waals surface area contributed by atoms with E-state index in [0.29, 0.717) is 0 Å². The zero-order valence-electron chi connectivity index (χ0n) is 7.85. The fourth-order valence-corrected chi connectivity index (χ4v) is 20.1. The zero-order valence-corrected chi connectivity index (χ0v) is 15.4. The monoisotopic (exact) mass is 364 g/mol. The molecule has 0 nitrogen and oxygen atoms in total. The minimum Gasteiger partial charge on any atom is -0.122 e. The summed E-state index contributed by atoms with van der Waals surface area (Å²) in [6.07, 6.45) is 0. The smallest absolute Gasteiger partial charge is 0.122 e. The van der Waals surface area contributed by atoms with Gasteiger partial charge in [-0.25, -0.2) is 0 Å². The largest absolute Gasteiger partial charge is 0.365 e. The number of halogens is 6. The summed E-state index contributed by atoms with van der Waals surface area (Å²) in [6, 6.07) is -5.78. The predicted molar refractivity (Wildman–Crippen MR) is 78.1 cm³/mol. The first kappa shape index (κ1) is 16.1. The first-order valence-corrected chi connectivity index (χ1v) is 17.4. The first-order valence-electron chi connectivity index (χ1n) is 3.71. The third kappa shape index (κ3) is 6.66. The van der Waals surface area contributed by atoms with E-state index in [1.807, 2.05) is 0 Å². The van der Waals surface area contributed by atoms with Gasteiger partial charge in [0.05, 0.1) is 8.07 Å². The van der Waals surface area contributed by atoms with Crippen molar-refractivity contribution in [3.63, 3.8) is 0 Å². The molecule has 0 fully saturated rings. The standard InChI is InChI=1S/C5H10Cl6Si3/c1-12(2,3)5(14(9,10)11)4-13(6,7)8/h4H,1-3H3/b5-4-. The van der Waals surface area contributed by atoms with Crippen LogP contribution < -0.4 is 0 Å². The predicted octanol–water partition coefficient (Wildman–Crippen LogP) is 5.18. The van der Waals surface area contributed by atoms with Crippen LogP contribution in [0.5, 0.6) is 0 Å². The normalized spacial score (nSPS) is 15.9. The van der Waals surface area contributed by atoms with Crippen molar-refractivity contribution in [3.8, 4) is 0 Å². The van der Waals surface area contributed by atoms with Gasteiger partial charge >= 0.3 is 12.0 Å². The Morgan fingerprint density at radius 1 is 0.857 bits per heavy atom. The van der Waals surface area contributed by atoms with Crippen LogP contribution in [0.3, 0.4) is 0 Å². The maximum atomic E-state index is 5.97. The molecule has 0 aromatic rings. The maximum Gasteiger partial charge on any atom is 0.365 e. The lowest BCUT2D eigenvalue weighted by atomic mass is 11.2. The second kappa shape index (κ2) is 5.19. The van der Waals surface area contributed by atoms with Crippen LogP contribution in [0, 0.1) is 0 Å². The van der Waals surface area contributed by atoms with Crippen molar-refractivity contribution < 1.29 is 0 Å². The molecule has 0 N–H and O–H groups in total. The van der Waals surface area contributed by atoms with Crippen molar-refractivity contribution >= 4 is 86.6 Å². The highest BCUT2D eigenvalue weighted by atomic mass is 35.8. The van der Waals surface area contributed by atoms with Crippen molar-refractivity contribution in [3.05, 3.63) is 10.5 Å². The van der Waals surface area contributed by atoms with E-state index in [9.17, 15) is 0 Å². The minimum atomic E-state index is -2.91. The van der Waals surface area contributed by atoms with Gasteiger partial charge in [-0.2, -0.15) is 0 Å². The molecular weight excluding hydrogens is 357 g/mol. The van der Waals surface area contributed by atoms with Crippen LogP contribution in [0.25, 0.3) is 0 Å². The Hall–Kier alpha value is 2.13. The molecule has 0 aliphatic heterocycles. The van der Waals surface area contributed by atoms with Gasteiger partial charge in [0, 0.05) is 0 Å². The van der Waals surface area contributed by atoms with Gasteiger partial charge in [-0.05, 0) is 0 Å². The van der Waals surface area contributed by atoms with Crippen LogP contribution in [0.15, 0.2) is 10.5 Å². The van der Waals surface area contributed by atoms with Gasteiger partial charge in [-0.15, -0.1) is 66.5 Å². The zero-order chi connectivity index (χ0) is 11.8. The average Bonchev–Trinajstić information content (AvgIpc) is 1.75. The SMILES string of the molecule is C[Si](C)(C)/C(=C/[Si](Cl)(Cl)Cl)[Si](Cl)(Cl)Cl. The fraction of sp³-hybridized carbons (Fsp3) is 0.600. The van der Waals surface area contributed by atoms with E-state index < -0.39 is 20.1 Å². The lowest BCUT2D eigenvalue weighted by Crippen LogP contribution is -2.37. The third-order valence-electron chi connectivity index (χ3n) is 1.42. The Bertz CT molecular complexity index is 215. The van der Waals surface area contributed by atoms with E-state index in [0.717, 1.165) is 4.82 Å². The van der Waals surface area contributed by atoms with E-state index in [2.05, 4.69) is 19.6 Å². The molecule has 84 valence electrons. The topological polar surface area (TPSA) is 0 Å². The van der Waals surface area contributed by atoms with Crippen LogP contribution in [0.4, 0.5) is 0 Å². The summed E-state index contributed by atoms with van der Waals surface area (Å²) in [4.78, 5) is 0.793. The van der Waals surface area contributed by atoms with Gasteiger partial charge in [0.25, 0.3) is 0 Å². The molecule has 0 aromatic heterocycles. The van der Waals surface area contributed by atoms with E-state index in [1.165, 1.54) is 0 Å². The van der Waals surface area contributed by atoms with E-state index in [-0.39, 0.29) is 0 Å². The van der Waals surface area contributed by atoms with Crippen LogP contribution in [0.2, 0.25) is 19.6 Å². The van der Waals surface area contributed by atoms with Crippen LogP contribution in [-0.4, -0.2) is 20.1 Å². The fourth-order valence-electron chi connectivity index (χ4n) is 0.887. The van der Waals surface area contributed by atoms with Gasteiger partial charge in [-0.3, -0.25) is 0 Å². The van der Waals surface area contributed by atoms with E-state index in [1.54, 1.807) is 5.70 Å². The number of rotatable bonds is 3. The molecule has 9 heteroatoms. The second-order valence-electron chi connectivity index (χ2n) is 3.85. The molecule has 0 aromatic carbocycles. The lowest BCUT2D eigenvalue weighted by molar-refractivity contribution is 1.74. The molecule has 0 aliphatic carbocycles. The molecule has 0 bridgehead atoms. The van der Waals surface area contributed by atoms with E-state index >= 15 is 0 Å². The Labute approximate surface area is 116 Å². The Balaban J connectivity index is 5.26. The van der Waals surface area contributed by atoms with Gasteiger partial charge in [0.1, 0.15) is 0 Å². The lowest BCUT2D eigenvalue weighted by Gasteiger charge is -2.26. The molecule has 0 rings (SSSR count). The van der Waals surface area contributed by atoms with Crippen LogP contribution in [0.1, 0.15) is 0 Å². The van der Waals surface area contributed by atoms with Crippen LogP contribution >= 0.6 is 66.5 Å². The Morgan fingerprint density at radius 3 is 1.29 bits per heavy atom. The Kier molecular flexibility index (Phi) is 5.98. The van der Waals surface area contributed by atoms with Gasteiger partial charge in [0.15, 0.2) is 0 Å². The second-order valence-corrected chi connectivity index (χ2v) is 26.2. The van der Waals surface area contributed by atoms with Gasteiger partial charge < -0.3 is 0 Å². The Morgan fingerprint density at radius 2 is 1.21 bits per heavy atom. The highest BCUT2D eigenvalue weighted by Gasteiger charge is 2.41. The number of hydrogen-bond acceptors (Lipinski definition) is 0. The molecule has 0 saturated heterocycles. The van der Waals surface area contributed by atoms with E-state index in [4.69, 9.17) is 66.5 Å². The molecule has 0 amide bonds. The molecule has 0 saturated carbocycles. The van der Waals surface area contributed by atoms with Crippen molar-refractivity contribution in [2.45, 2.75) is 19.6 Å². The summed E-state index contributed by atoms with van der Waals surface area (Å²) in [7, 11) is -1.72. The van der Waals surface area contributed by atoms with Crippen LogP contribution in [-0.2, 0) is 0 Å². The molecule has 0 radical (unpaired) electrons. The molecule has 0 spiro atoms. The molecule has 0 aliphatic rings. The summed E-state index contributed by atoms with van der Waals surface area (Å²) in [5.41, 5.74) is 1.60. The average molecular weight is 367 g/mol. The summed E-state index contributed by atoms with van der Waals surface area (Å²) in [6.45, 7) is 6.20. The number of hydrogen-bond donors (Lipinski definition) is 0. The first-order chi connectivity index (χ1) is 5.84. The minimum absolute atomic E-state index is 0.793. The van der Waals surface area contributed by atoms with Crippen molar-refractivity contribution in [1.82, 2.24) is 0 Å². The molecule has 0 unspecified atom stereocenters. The molecule has 14 heavy (non-hydrogen) atoms. The maximum absolute atomic E-state index is 5.97. The van der Waals surface area contributed by atoms with Crippen molar-refractivity contribution in [2.75, 3.05) is 0 Å². The van der Waals surface area contributed by atoms with Gasteiger partial charge in [-0.1, -0.05) is 30.2 Å². The quantitative estimate of drug-likeness (QED) is 0.477. The molecule has 0 atom stereocenters. The highest BCUT2D eigenvalue weighted by Crippen LogP contribution is 2.38. The summed E-state index contributed by atoms with van der Waals surface area (Å²) in [5.74, 6) is 0. The summed E-state index contributed by atoms with van der Waals surface area (Å²) in [5, 5.41) is 0.